The monoisotopic (exact) mass is 383 g/mol. The molecule has 0 aliphatic rings. The molecule has 0 spiro atoms. The van der Waals surface area contributed by atoms with Crippen LogP contribution < -0.4 is 5.32 Å². The maximum Gasteiger partial charge on any atom is 0.268 e. The van der Waals surface area contributed by atoms with Gasteiger partial charge in [-0.25, -0.2) is 4.98 Å². The van der Waals surface area contributed by atoms with E-state index in [4.69, 9.17) is 0 Å². The number of hydrogen-bond donors (Lipinski definition) is 2. The lowest BCUT2D eigenvalue weighted by molar-refractivity contribution is -0.112. The Kier molecular flexibility index (Phi) is 5.76. The highest BCUT2D eigenvalue weighted by molar-refractivity contribution is 7.13. The molecule has 0 bridgehead atoms. The molecule has 0 aliphatic heterocycles. The lowest BCUT2D eigenvalue weighted by Gasteiger charge is -2.28. The van der Waals surface area contributed by atoms with Gasteiger partial charge in [-0.3, -0.25) is 10.1 Å². The zero-order valence-corrected chi connectivity index (χ0v) is 17.4. The van der Waals surface area contributed by atoms with Crippen LogP contribution in [0.3, 0.4) is 0 Å². The lowest BCUT2D eigenvalue weighted by Crippen LogP contribution is -2.18. The molecule has 0 fully saturated rings. The van der Waals surface area contributed by atoms with E-state index in [1.165, 1.54) is 11.3 Å². The Hall–Kier alpha value is -2.65. The molecule has 0 saturated carbocycles. The summed E-state index contributed by atoms with van der Waals surface area (Å²) in [5, 5.41) is 25.0. The number of nitrogens with zero attached hydrogens (tertiary/aromatic N) is 2. The van der Waals surface area contributed by atoms with Crippen molar-refractivity contribution in [3.05, 3.63) is 46.0 Å². The summed E-state index contributed by atoms with van der Waals surface area (Å²) in [5.41, 5.74) is 1.66. The average Bonchev–Trinajstić information content (AvgIpc) is 3.04. The van der Waals surface area contributed by atoms with Gasteiger partial charge in [0.2, 0.25) is 0 Å². The van der Waals surface area contributed by atoms with E-state index in [1.807, 2.05) is 59.7 Å². The molecule has 0 aliphatic carbocycles. The number of benzene rings is 1. The third-order valence-corrected chi connectivity index (χ3v) is 4.77. The quantitative estimate of drug-likeness (QED) is 0.577. The van der Waals surface area contributed by atoms with E-state index in [0.29, 0.717) is 10.7 Å². The maximum absolute atomic E-state index is 12.4. The van der Waals surface area contributed by atoms with Crippen molar-refractivity contribution < 1.29 is 9.90 Å². The third-order valence-electron chi connectivity index (χ3n) is 4.08. The fraction of sp³-hybridized carbons (Fsp3) is 0.381. The Bertz CT molecular complexity index is 873. The Morgan fingerprint density at radius 1 is 1.19 bits per heavy atom. The van der Waals surface area contributed by atoms with Crippen LogP contribution in [0.1, 0.15) is 58.2 Å². The zero-order valence-electron chi connectivity index (χ0n) is 16.5. The fourth-order valence-corrected chi connectivity index (χ4v) is 3.17. The molecule has 0 radical (unpaired) electrons. The Morgan fingerprint density at radius 2 is 1.74 bits per heavy atom. The van der Waals surface area contributed by atoms with Gasteiger partial charge >= 0.3 is 0 Å². The summed E-state index contributed by atoms with van der Waals surface area (Å²) in [4.78, 5) is 16.4. The number of nitrogens with one attached hydrogen (secondary N) is 1. The number of hydrogen-bond acceptors (Lipinski definition) is 5. The summed E-state index contributed by atoms with van der Waals surface area (Å²) < 4.78 is 0. The van der Waals surface area contributed by atoms with E-state index in [2.05, 4.69) is 10.3 Å². The summed E-state index contributed by atoms with van der Waals surface area (Å²) >= 11 is 1.29. The molecule has 1 amide bonds. The fourth-order valence-electron chi connectivity index (χ4n) is 2.65. The lowest BCUT2D eigenvalue weighted by atomic mass is 9.78. The maximum atomic E-state index is 12.4. The molecule has 2 aromatic rings. The molecule has 1 aromatic carbocycles. The number of rotatable bonds is 3. The van der Waals surface area contributed by atoms with E-state index in [0.717, 1.165) is 11.1 Å². The van der Waals surface area contributed by atoms with Crippen LogP contribution in [-0.4, -0.2) is 16.0 Å². The highest BCUT2D eigenvalue weighted by Crippen LogP contribution is 2.40. The van der Waals surface area contributed by atoms with Crippen molar-refractivity contribution in [3.8, 4) is 11.8 Å². The summed E-state index contributed by atoms with van der Waals surface area (Å²) in [6.45, 7) is 12.1. The zero-order chi connectivity index (χ0) is 20.4. The van der Waals surface area contributed by atoms with E-state index in [-0.39, 0.29) is 22.2 Å². The van der Waals surface area contributed by atoms with Crippen LogP contribution in [-0.2, 0) is 15.6 Å². The van der Waals surface area contributed by atoms with Crippen LogP contribution >= 0.6 is 11.3 Å². The molecule has 0 saturated heterocycles. The van der Waals surface area contributed by atoms with Crippen LogP contribution in [0.25, 0.3) is 6.08 Å². The van der Waals surface area contributed by atoms with Crippen molar-refractivity contribution in [1.29, 1.82) is 5.26 Å². The first-order valence-electron chi connectivity index (χ1n) is 8.64. The molecule has 5 nitrogen and oxygen atoms in total. The van der Waals surface area contributed by atoms with E-state index in [9.17, 15) is 15.2 Å². The second kappa shape index (κ2) is 7.53. The van der Waals surface area contributed by atoms with Crippen LogP contribution in [0.5, 0.6) is 5.75 Å². The number of aromatic nitrogens is 1. The number of carbonyl (C=O) groups excluding carboxylic acids is 1. The van der Waals surface area contributed by atoms with Crippen molar-refractivity contribution in [2.45, 2.75) is 52.4 Å². The SMILES string of the molecule is CC(C)(C)c1cc(C=C(C#N)C(=O)Nc2nccs2)cc(C(C)(C)C)c1O. The van der Waals surface area contributed by atoms with Crippen molar-refractivity contribution in [2.75, 3.05) is 5.32 Å². The minimum absolute atomic E-state index is 0.0180. The first-order chi connectivity index (χ1) is 12.4. The molecular formula is C21H25N3O2S. The molecule has 0 unspecified atom stereocenters. The standard InChI is InChI=1S/C21H25N3O2S/c1-20(2,3)15-10-13(11-16(17(15)25)21(4,5)6)9-14(12-22)18(26)24-19-23-7-8-27-19/h7-11,25H,1-6H3,(H,23,24,26). The van der Waals surface area contributed by atoms with Gasteiger partial charge in [0, 0.05) is 22.7 Å². The van der Waals surface area contributed by atoms with Crippen molar-refractivity contribution >= 4 is 28.5 Å². The number of thiazole rings is 1. The largest absolute Gasteiger partial charge is 0.507 e. The van der Waals surface area contributed by atoms with Gasteiger partial charge < -0.3 is 5.11 Å². The highest BCUT2D eigenvalue weighted by Gasteiger charge is 2.26. The average molecular weight is 384 g/mol. The normalized spacial score (nSPS) is 12.6. The molecule has 142 valence electrons. The summed E-state index contributed by atoms with van der Waals surface area (Å²) in [7, 11) is 0. The Labute approximate surface area is 164 Å². The first-order valence-corrected chi connectivity index (χ1v) is 9.52. The molecule has 2 rings (SSSR count). The van der Waals surface area contributed by atoms with Gasteiger partial charge in [0.25, 0.3) is 5.91 Å². The van der Waals surface area contributed by atoms with E-state index in [1.54, 1.807) is 17.7 Å². The molecule has 1 aromatic heterocycles. The minimum atomic E-state index is -0.504. The topological polar surface area (TPSA) is 86.0 Å². The van der Waals surface area contributed by atoms with Gasteiger partial charge in [0.1, 0.15) is 17.4 Å². The highest BCUT2D eigenvalue weighted by atomic mass is 32.1. The van der Waals surface area contributed by atoms with E-state index < -0.39 is 5.91 Å². The number of anilines is 1. The summed E-state index contributed by atoms with van der Waals surface area (Å²) in [6.07, 6.45) is 3.13. The smallest absolute Gasteiger partial charge is 0.268 e. The Balaban J connectivity index is 2.54. The third kappa shape index (κ3) is 4.95. The summed E-state index contributed by atoms with van der Waals surface area (Å²) in [6, 6.07) is 5.62. The van der Waals surface area contributed by atoms with Crippen LogP contribution in [0, 0.1) is 11.3 Å². The minimum Gasteiger partial charge on any atom is -0.507 e. The van der Waals surface area contributed by atoms with Crippen LogP contribution in [0.2, 0.25) is 0 Å². The number of carbonyl (C=O) groups is 1. The van der Waals surface area contributed by atoms with Gasteiger partial charge in [0.15, 0.2) is 5.13 Å². The molecule has 6 heteroatoms. The van der Waals surface area contributed by atoms with Gasteiger partial charge in [0.05, 0.1) is 0 Å². The van der Waals surface area contributed by atoms with Crippen LogP contribution in [0.15, 0.2) is 29.3 Å². The second-order valence-corrected chi connectivity index (χ2v) is 9.32. The number of nitriles is 1. The van der Waals surface area contributed by atoms with Crippen molar-refractivity contribution in [3.63, 3.8) is 0 Å². The predicted octanol–water partition coefficient (Wildman–Crippen LogP) is 4.99. The number of aromatic hydroxyl groups is 1. The first kappa shape index (κ1) is 20.7. The van der Waals surface area contributed by atoms with Crippen LogP contribution in [0.4, 0.5) is 5.13 Å². The number of phenolic OH excluding ortho intramolecular Hbond substituents is 1. The predicted molar refractivity (Wildman–Crippen MR) is 110 cm³/mol. The van der Waals surface area contributed by atoms with Crippen molar-refractivity contribution in [2.24, 2.45) is 0 Å². The van der Waals surface area contributed by atoms with E-state index >= 15 is 0 Å². The van der Waals surface area contributed by atoms with Gasteiger partial charge in [-0.1, -0.05) is 41.5 Å². The summed E-state index contributed by atoms with van der Waals surface area (Å²) in [5.74, 6) is -0.243. The second-order valence-electron chi connectivity index (χ2n) is 8.43. The number of amides is 1. The van der Waals surface area contributed by atoms with Gasteiger partial charge in [-0.2, -0.15) is 5.26 Å². The van der Waals surface area contributed by atoms with Gasteiger partial charge in [-0.15, -0.1) is 11.3 Å². The molecule has 1 heterocycles. The molecular weight excluding hydrogens is 358 g/mol. The molecule has 27 heavy (non-hydrogen) atoms. The Morgan fingerprint density at radius 3 is 2.15 bits per heavy atom. The molecule has 0 atom stereocenters. The number of phenols is 1. The van der Waals surface area contributed by atoms with Crippen molar-refractivity contribution in [1.82, 2.24) is 4.98 Å². The molecule has 2 N–H and O–H groups in total. The van der Waals surface area contributed by atoms with Gasteiger partial charge in [-0.05, 0) is 34.6 Å².